The van der Waals surface area contributed by atoms with Crippen LogP contribution in [0.25, 0.3) is 21.7 Å². The second kappa shape index (κ2) is 11.1. The molecule has 1 aliphatic carbocycles. The average Bonchev–Trinajstić information content (AvgIpc) is 3.36. The van der Waals surface area contributed by atoms with E-state index in [1.54, 1.807) is 42.5 Å². The van der Waals surface area contributed by atoms with Gasteiger partial charge in [0.05, 0.1) is 9.79 Å². The number of benzene rings is 4. The molecule has 0 unspecified atom stereocenters. The van der Waals surface area contributed by atoms with Crippen LogP contribution in [0.15, 0.2) is 101 Å². The number of nitrogens with zero attached hydrogens (tertiary/aromatic N) is 1. The number of sulfone groups is 1. The number of hydrogen-bond donors (Lipinski definition) is 3. The number of hydrogen-bond acceptors (Lipinski definition) is 5. The van der Waals surface area contributed by atoms with Crippen molar-refractivity contribution >= 4 is 37.4 Å². The number of carbonyl (C=O) groups is 1. The summed E-state index contributed by atoms with van der Waals surface area (Å²) in [6.45, 7) is 0.688. The second-order valence-electron chi connectivity index (χ2n) is 10.9. The fourth-order valence-corrected chi connectivity index (χ4v) is 7.23. The van der Waals surface area contributed by atoms with Gasteiger partial charge in [-0.3, -0.25) is 4.79 Å². The highest BCUT2D eigenvalue weighted by Gasteiger charge is 2.24. The maximum atomic E-state index is 13.7. The Morgan fingerprint density at radius 1 is 0.829 bits per heavy atom. The van der Waals surface area contributed by atoms with Crippen molar-refractivity contribution in [3.05, 3.63) is 108 Å². The molecular formula is C33H34N4O3S. The van der Waals surface area contributed by atoms with E-state index in [0.717, 1.165) is 58.5 Å². The number of carbonyl (C=O) groups excluding carboxylic acids is 1. The molecule has 5 aromatic rings. The van der Waals surface area contributed by atoms with Crippen LogP contribution in [-0.2, 0) is 22.9 Å². The van der Waals surface area contributed by atoms with Crippen molar-refractivity contribution in [1.82, 2.24) is 9.88 Å². The number of nitrogens with one attached hydrogen (secondary N) is 1. The first kappa shape index (κ1) is 27.2. The van der Waals surface area contributed by atoms with Crippen molar-refractivity contribution in [3.63, 3.8) is 0 Å². The zero-order valence-electron chi connectivity index (χ0n) is 22.8. The Bertz CT molecular complexity index is 1840. The highest BCUT2D eigenvalue weighted by molar-refractivity contribution is 7.91. The largest absolute Gasteiger partial charge is 0.348 e. The van der Waals surface area contributed by atoms with E-state index < -0.39 is 9.84 Å². The molecule has 4 aromatic carbocycles. The fourth-order valence-electron chi connectivity index (χ4n) is 5.86. The van der Waals surface area contributed by atoms with Gasteiger partial charge < -0.3 is 21.4 Å². The first-order valence-electron chi connectivity index (χ1n) is 14.0. The van der Waals surface area contributed by atoms with E-state index in [-0.39, 0.29) is 27.8 Å². The SMILES string of the molecule is NCc1ccc2cc(C(=O)N[C@H]3CC[C@H](N)CC3)n(Cc3cc(S(=O)(=O)c4ccccc4)cc4ccccc34)c2c1. The molecule has 5 N–H and O–H groups in total. The summed E-state index contributed by atoms with van der Waals surface area (Å²) in [7, 11) is -3.75. The average molecular weight is 567 g/mol. The van der Waals surface area contributed by atoms with Crippen LogP contribution >= 0.6 is 0 Å². The zero-order valence-corrected chi connectivity index (χ0v) is 23.6. The van der Waals surface area contributed by atoms with Crippen LogP contribution in [-0.4, -0.2) is 31.0 Å². The zero-order chi connectivity index (χ0) is 28.6. The first-order chi connectivity index (χ1) is 19.8. The molecule has 1 amide bonds. The maximum Gasteiger partial charge on any atom is 0.268 e. The molecule has 0 bridgehead atoms. The Balaban J connectivity index is 1.47. The van der Waals surface area contributed by atoms with Gasteiger partial charge in [-0.15, -0.1) is 0 Å². The quantitative estimate of drug-likeness (QED) is 0.252. The van der Waals surface area contributed by atoms with Crippen molar-refractivity contribution in [1.29, 1.82) is 0 Å². The monoisotopic (exact) mass is 566 g/mol. The molecule has 41 heavy (non-hydrogen) atoms. The Morgan fingerprint density at radius 2 is 1.56 bits per heavy atom. The topological polar surface area (TPSA) is 120 Å². The minimum atomic E-state index is -3.75. The van der Waals surface area contributed by atoms with Crippen LogP contribution in [0, 0.1) is 0 Å². The van der Waals surface area contributed by atoms with Crippen LogP contribution in [0.4, 0.5) is 0 Å². The summed E-state index contributed by atoms with van der Waals surface area (Å²) in [5, 5.41) is 5.91. The molecule has 8 heteroatoms. The van der Waals surface area contributed by atoms with Crippen LogP contribution < -0.4 is 16.8 Å². The fraction of sp³-hybridized carbons (Fsp3) is 0.242. The minimum Gasteiger partial charge on any atom is -0.348 e. The molecule has 0 spiro atoms. The summed E-state index contributed by atoms with van der Waals surface area (Å²) in [6.07, 6.45) is 3.49. The van der Waals surface area contributed by atoms with E-state index >= 15 is 0 Å². The maximum absolute atomic E-state index is 13.7. The summed E-state index contributed by atoms with van der Waals surface area (Å²) >= 11 is 0. The van der Waals surface area contributed by atoms with Crippen LogP contribution in [0.3, 0.4) is 0 Å². The summed E-state index contributed by atoms with van der Waals surface area (Å²) in [6, 6.07) is 27.8. The third-order valence-electron chi connectivity index (χ3n) is 8.16. The molecule has 7 nitrogen and oxygen atoms in total. The number of amides is 1. The molecule has 0 aliphatic heterocycles. The number of nitrogens with two attached hydrogens (primary N) is 2. The van der Waals surface area contributed by atoms with Crippen molar-refractivity contribution in [2.24, 2.45) is 11.5 Å². The van der Waals surface area contributed by atoms with Crippen molar-refractivity contribution < 1.29 is 13.2 Å². The van der Waals surface area contributed by atoms with Gasteiger partial charge in [-0.25, -0.2) is 8.42 Å². The van der Waals surface area contributed by atoms with E-state index in [1.165, 1.54) is 0 Å². The predicted octanol–water partition coefficient (Wildman–Crippen LogP) is 5.13. The lowest BCUT2D eigenvalue weighted by molar-refractivity contribution is 0.0917. The molecule has 6 rings (SSSR count). The number of aromatic nitrogens is 1. The molecule has 1 aromatic heterocycles. The summed E-state index contributed by atoms with van der Waals surface area (Å²) in [5.41, 5.74) is 15.2. The van der Waals surface area contributed by atoms with Gasteiger partial charge in [0.1, 0.15) is 5.69 Å². The molecule has 1 fully saturated rings. The molecule has 1 saturated carbocycles. The number of rotatable bonds is 7. The van der Waals surface area contributed by atoms with Crippen LogP contribution in [0.1, 0.15) is 47.3 Å². The van der Waals surface area contributed by atoms with Gasteiger partial charge in [-0.1, -0.05) is 54.6 Å². The third kappa shape index (κ3) is 5.38. The molecular weight excluding hydrogens is 532 g/mol. The summed E-state index contributed by atoms with van der Waals surface area (Å²) in [5.74, 6) is -0.145. The van der Waals surface area contributed by atoms with E-state index in [2.05, 4.69) is 5.32 Å². The highest BCUT2D eigenvalue weighted by Crippen LogP contribution is 2.31. The lowest BCUT2D eigenvalue weighted by atomic mass is 9.92. The van der Waals surface area contributed by atoms with Gasteiger partial charge in [-0.05, 0) is 84.0 Å². The van der Waals surface area contributed by atoms with Gasteiger partial charge in [0.25, 0.3) is 5.91 Å². The van der Waals surface area contributed by atoms with Crippen molar-refractivity contribution in [2.75, 3.05) is 0 Å². The Morgan fingerprint density at radius 3 is 2.32 bits per heavy atom. The first-order valence-corrected chi connectivity index (χ1v) is 15.5. The minimum absolute atomic E-state index is 0.0774. The Kier molecular flexibility index (Phi) is 7.38. The van der Waals surface area contributed by atoms with Crippen LogP contribution in [0.5, 0.6) is 0 Å². The molecule has 0 saturated heterocycles. The lowest BCUT2D eigenvalue weighted by Gasteiger charge is -2.27. The van der Waals surface area contributed by atoms with Gasteiger partial charge >= 0.3 is 0 Å². The van der Waals surface area contributed by atoms with Crippen molar-refractivity contribution in [2.45, 2.75) is 60.6 Å². The van der Waals surface area contributed by atoms with E-state index in [1.807, 2.05) is 53.1 Å². The predicted molar refractivity (Wildman–Crippen MR) is 162 cm³/mol. The van der Waals surface area contributed by atoms with Crippen molar-refractivity contribution in [3.8, 4) is 0 Å². The van der Waals surface area contributed by atoms with Gasteiger partial charge in [0.2, 0.25) is 9.84 Å². The molecule has 0 atom stereocenters. The summed E-state index contributed by atoms with van der Waals surface area (Å²) < 4.78 is 29.3. The third-order valence-corrected chi connectivity index (χ3v) is 9.91. The Hall–Kier alpha value is -3.98. The highest BCUT2D eigenvalue weighted by atomic mass is 32.2. The molecule has 1 aliphatic rings. The van der Waals surface area contributed by atoms with Crippen LogP contribution in [0.2, 0.25) is 0 Å². The second-order valence-corrected chi connectivity index (χ2v) is 12.9. The lowest BCUT2D eigenvalue weighted by Crippen LogP contribution is -2.41. The molecule has 1 heterocycles. The van der Waals surface area contributed by atoms with Gasteiger partial charge in [0.15, 0.2) is 0 Å². The molecule has 0 radical (unpaired) electrons. The molecule has 210 valence electrons. The van der Waals surface area contributed by atoms with Gasteiger partial charge in [0, 0.05) is 36.1 Å². The summed E-state index contributed by atoms with van der Waals surface area (Å²) in [4.78, 5) is 14.2. The smallest absolute Gasteiger partial charge is 0.268 e. The number of fused-ring (bicyclic) bond motifs is 2. The Labute approximate surface area is 240 Å². The van der Waals surface area contributed by atoms with E-state index in [0.29, 0.717) is 18.8 Å². The normalized spacial score (nSPS) is 17.6. The van der Waals surface area contributed by atoms with E-state index in [4.69, 9.17) is 11.5 Å². The van der Waals surface area contributed by atoms with E-state index in [9.17, 15) is 13.2 Å². The standard InChI is InChI=1S/C33H34N4O3S/c34-20-22-10-11-24-19-32(33(38)36-27-14-12-26(35)13-15-27)37(31(24)16-22)21-25-18-29(17-23-6-4-5-9-30(23)25)41(39,40)28-7-2-1-3-8-28/h1-11,16-19,26-27H,12-15,20-21,34-35H2,(H,36,38)/t26-,27-. The van der Waals surface area contributed by atoms with Gasteiger partial charge in [-0.2, -0.15) is 0 Å².